The standard InChI is InChI=1S/C20H29N/c1-14(2)21-13-20(11-18-9-19(18)12-20)10-15-6-7-16-4-3-5-17(16)8-15/h6-8,14,18-19,21H,3-5,9-13H2,1-2H3. The van der Waals surface area contributed by atoms with Crippen molar-refractivity contribution < 1.29 is 0 Å². The van der Waals surface area contributed by atoms with E-state index in [4.69, 9.17) is 0 Å². The van der Waals surface area contributed by atoms with Crippen molar-refractivity contribution in [3.05, 3.63) is 34.9 Å². The highest BCUT2D eigenvalue weighted by atomic mass is 14.9. The average molecular weight is 283 g/mol. The van der Waals surface area contributed by atoms with Crippen LogP contribution in [0.3, 0.4) is 0 Å². The number of aryl methyl sites for hydroxylation is 2. The van der Waals surface area contributed by atoms with E-state index in [-0.39, 0.29) is 0 Å². The van der Waals surface area contributed by atoms with Gasteiger partial charge < -0.3 is 5.32 Å². The summed E-state index contributed by atoms with van der Waals surface area (Å²) in [6.45, 7) is 5.77. The van der Waals surface area contributed by atoms with Gasteiger partial charge in [-0.3, -0.25) is 0 Å². The summed E-state index contributed by atoms with van der Waals surface area (Å²) in [6, 6.07) is 7.98. The SMILES string of the molecule is CC(C)NCC1(Cc2ccc3c(c2)CCC3)CC2CC2C1. The lowest BCUT2D eigenvalue weighted by atomic mass is 9.77. The fourth-order valence-corrected chi connectivity index (χ4v) is 4.95. The van der Waals surface area contributed by atoms with Gasteiger partial charge in [-0.1, -0.05) is 32.0 Å². The molecule has 0 saturated heterocycles. The Balaban J connectivity index is 1.51. The van der Waals surface area contributed by atoms with Crippen LogP contribution >= 0.6 is 0 Å². The van der Waals surface area contributed by atoms with E-state index >= 15 is 0 Å². The van der Waals surface area contributed by atoms with Gasteiger partial charge in [0.25, 0.3) is 0 Å². The number of hydrogen-bond donors (Lipinski definition) is 1. The number of benzene rings is 1. The van der Waals surface area contributed by atoms with Crippen molar-refractivity contribution in [3.63, 3.8) is 0 Å². The molecule has 4 rings (SSSR count). The summed E-state index contributed by atoms with van der Waals surface area (Å²) in [5.41, 5.74) is 5.40. The van der Waals surface area contributed by atoms with Gasteiger partial charge in [-0.15, -0.1) is 0 Å². The van der Waals surface area contributed by atoms with E-state index in [1.807, 2.05) is 0 Å². The third kappa shape index (κ3) is 2.77. The maximum Gasteiger partial charge on any atom is 0.00136 e. The fourth-order valence-electron chi connectivity index (χ4n) is 4.95. The zero-order chi connectivity index (χ0) is 14.4. The Labute approximate surface area is 129 Å². The van der Waals surface area contributed by atoms with Crippen LogP contribution in [0, 0.1) is 17.3 Å². The zero-order valence-corrected chi connectivity index (χ0v) is 13.6. The molecule has 1 aromatic rings. The van der Waals surface area contributed by atoms with E-state index in [2.05, 4.69) is 37.4 Å². The highest BCUT2D eigenvalue weighted by molar-refractivity contribution is 5.36. The summed E-state index contributed by atoms with van der Waals surface area (Å²) >= 11 is 0. The van der Waals surface area contributed by atoms with E-state index in [1.54, 1.807) is 16.7 Å². The van der Waals surface area contributed by atoms with Crippen LogP contribution in [0.2, 0.25) is 0 Å². The largest absolute Gasteiger partial charge is 0.314 e. The first-order valence-corrected chi connectivity index (χ1v) is 8.98. The Morgan fingerprint density at radius 3 is 2.67 bits per heavy atom. The normalized spacial score (nSPS) is 33.3. The maximum absolute atomic E-state index is 3.74. The van der Waals surface area contributed by atoms with Crippen LogP contribution in [0.1, 0.15) is 56.2 Å². The predicted octanol–water partition coefficient (Wildman–Crippen LogP) is 4.13. The Kier molecular flexibility index (Phi) is 3.37. The summed E-state index contributed by atoms with van der Waals surface area (Å²) in [5, 5.41) is 3.74. The molecule has 21 heavy (non-hydrogen) atoms. The number of rotatable bonds is 5. The third-order valence-corrected chi connectivity index (χ3v) is 6.09. The van der Waals surface area contributed by atoms with E-state index in [9.17, 15) is 0 Å². The van der Waals surface area contributed by atoms with Gasteiger partial charge in [0.1, 0.15) is 0 Å². The van der Waals surface area contributed by atoms with Crippen LogP contribution in [0.5, 0.6) is 0 Å². The van der Waals surface area contributed by atoms with Gasteiger partial charge in [0.05, 0.1) is 0 Å². The van der Waals surface area contributed by atoms with Crippen LogP contribution < -0.4 is 5.32 Å². The molecule has 1 heteroatoms. The molecule has 114 valence electrons. The van der Waals surface area contributed by atoms with Crippen LogP contribution in [0.25, 0.3) is 0 Å². The van der Waals surface area contributed by atoms with Crippen LogP contribution in [0.15, 0.2) is 18.2 Å². The molecule has 1 nitrogen and oxygen atoms in total. The molecule has 0 spiro atoms. The molecule has 2 saturated carbocycles. The Morgan fingerprint density at radius 2 is 1.90 bits per heavy atom. The molecule has 1 N–H and O–H groups in total. The summed E-state index contributed by atoms with van der Waals surface area (Å²) in [6.07, 6.45) is 9.73. The van der Waals surface area contributed by atoms with Crippen molar-refractivity contribution in [2.75, 3.05) is 6.54 Å². The minimum absolute atomic E-state index is 0.546. The predicted molar refractivity (Wildman–Crippen MR) is 88.6 cm³/mol. The first kappa shape index (κ1) is 13.8. The summed E-state index contributed by atoms with van der Waals surface area (Å²) in [5.74, 6) is 2.13. The molecule has 0 amide bonds. The zero-order valence-electron chi connectivity index (χ0n) is 13.6. The lowest BCUT2D eigenvalue weighted by Gasteiger charge is -2.32. The second-order valence-corrected chi connectivity index (χ2v) is 8.33. The second-order valence-electron chi connectivity index (χ2n) is 8.33. The molecular weight excluding hydrogens is 254 g/mol. The number of nitrogens with one attached hydrogen (secondary N) is 1. The number of hydrogen-bond acceptors (Lipinski definition) is 1. The molecule has 0 radical (unpaired) electrons. The van der Waals surface area contributed by atoms with Gasteiger partial charge in [0.15, 0.2) is 0 Å². The van der Waals surface area contributed by atoms with Crippen LogP contribution in [-0.4, -0.2) is 12.6 Å². The first-order chi connectivity index (χ1) is 10.1. The monoisotopic (exact) mass is 283 g/mol. The van der Waals surface area contributed by atoms with Gasteiger partial charge in [0, 0.05) is 12.6 Å². The van der Waals surface area contributed by atoms with E-state index in [0.717, 1.165) is 11.8 Å². The van der Waals surface area contributed by atoms with Crippen molar-refractivity contribution in [3.8, 4) is 0 Å². The molecule has 0 bridgehead atoms. The minimum atomic E-state index is 0.546. The van der Waals surface area contributed by atoms with E-state index < -0.39 is 0 Å². The topological polar surface area (TPSA) is 12.0 Å². The highest BCUT2D eigenvalue weighted by Gasteiger charge is 2.53. The highest BCUT2D eigenvalue weighted by Crippen LogP contribution is 2.60. The van der Waals surface area contributed by atoms with Gasteiger partial charge in [-0.05, 0) is 78.9 Å². The Hall–Kier alpha value is -0.820. The van der Waals surface area contributed by atoms with Gasteiger partial charge in [0.2, 0.25) is 0 Å². The fraction of sp³-hybridized carbons (Fsp3) is 0.700. The molecule has 2 fully saturated rings. The molecule has 0 aliphatic heterocycles. The summed E-state index contributed by atoms with van der Waals surface area (Å²) < 4.78 is 0. The van der Waals surface area contributed by atoms with Gasteiger partial charge >= 0.3 is 0 Å². The van der Waals surface area contributed by atoms with Crippen molar-refractivity contribution in [2.24, 2.45) is 17.3 Å². The molecule has 1 aromatic carbocycles. The van der Waals surface area contributed by atoms with Crippen molar-refractivity contribution in [2.45, 2.75) is 64.8 Å². The molecule has 0 heterocycles. The molecule has 0 aromatic heterocycles. The van der Waals surface area contributed by atoms with Gasteiger partial charge in [-0.2, -0.15) is 0 Å². The summed E-state index contributed by atoms with van der Waals surface area (Å²) in [7, 11) is 0. The lowest BCUT2D eigenvalue weighted by Crippen LogP contribution is -2.38. The van der Waals surface area contributed by atoms with Crippen molar-refractivity contribution in [1.29, 1.82) is 0 Å². The molecule has 2 unspecified atom stereocenters. The smallest absolute Gasteiger partial charge is 0.00136 e. The molecule has 3 aliphatic carbocycles. The lowest BCUT2D eigenvalue weighted by molar-refractivity contribution is 0.241. The maximum atomic E-state index is 3.74. The number of fused-ring (bicyclic) bond motifs is 2. The van der Waals surface area contributed by atoms with Crippen molar-refractivity contribution >= 4 is 0 Å². The Morgan fingerprint density at radius 1 is 1.14 bits per heavy atom. The summed E-state index contributed by atoms with van der Waals surface area (Å²) in [4.78, 5) is 0. The minimum Gasteiger partial charge on any atom is -0.314 e. The third-order valence-electron chi connectivity index (χ3n) is 6.09. The molecular formula is C20H29N. The molecule has 2 atom stereocenters. The average Bonchev–Trinajstić information content (AvgIpc) is 2.89. The molecule has 3 aliphatic rings. The van der Waals surface area contributed by atoms with Crippen molar-refractivity contribution in [1.82, 2.24) is 5.32 Å². The quantitative estimate of drug-likeness (QED) is 0.856. The van der Waals surface area contributed by atoms with E-state index in [0.29, 0.717) is 11.5 Å². The Bertz CT molecular complexity index is 521. The second kappa shape index (κ2) is 5.12. The first-order valence-electron chi connectivity index (χ1n) is 8.98. The van der Waals surface area contributed by atoms with Gasteiger partial charge in [-0.25, -0.2) is 0 Å². The van der Waals surface area contributed by atoms with E-state index in [1.165, 1.54) is 51.5 Å². The van der Waals surface area contributed by atoms with Crippen LogP contribution in [-0.2, 0) is 19.3 Å². The van der Waals surface area contributed by atoms with Crippen LogP contribution in [0.4, 0.5) is 0 Å².